The van der Waals surface area contributed by atoms with E-state index < -0.39 is 6.10 Å². The summed E-state index contributed by atoms with van der Waals surface area (Å²) in [6.45, 7) is 5.77. The highest BCUT2D eigenvalue weighted by Gasteiger charge is 2.13. The maximum atomic E-state index is 9.62. The van der Waals surface area contributed by atoms with Gasteiger partial charge < -0.3 is 5.11 Å². The lowest BCUT2D eigenvalue weighted by molar-refractivity contribution is 0.202. The smallest absolute Gasteiger partial charge is 0.123 e. The number of aliphatic hydroxyl groups is 1. The molecule has 0 aliphatic heterocycles. The summed E-state index contributed by atoms with van der Waals surface area (Å²) in [6.07, 6.45) is -0.449. The number of rotatable bonds is 2. The van der Waals surface area contributed by atoms with Gasteiger partial charge in [0.15, 0.2) is 0 Å². The Hall–Kier alpha value is -0.710. The van der Waals surface area contributed by atoms with Crippen molar-refractivity contribution in [3.63, 3.8) is 0 Å². The summed E-state index contributed by atoms with van der Waals surface area (Å²) in [4.78, 5) is 5.45. The Labute approximate surface area is 113 Å². The van der Waals surface area contributed by atoms with Gasteiger partial charge >= 0.3 is 0 Å². The van der Waals surface area contributed by atoms with Crippen LogP contribution in [0.2, 0.25) is 0 Å². The number of halogens is 1. The molecule has 0 radical (unpaired) electrons. The van der Waals surface area contributed by atoms with Crippen LogP contribution in [0.4, 0.5) is 0 Å². The minimum atomic E-state index is -0.449. The van der Waals surface area contributed by atoms with Gasteiger partial charge in [-0.3, -0.25) is 0 Å². The van der Waals surface area contributed by atoms with E-state index in [0.29, 0.717) is 0 Å². The van der Waals surface area contributed by atoms with Gasteiger partial charge in [0.1, 0.15) is 5.01 Å². The van der Waals surface area contributed by atoms with E-state index in [-0.39, 0.29) is 0 Å². The number of aliphatic hydroxyl groups excluding tert-OH is 1. The molecular weight excluding hydrogens is 298 g/mol. The zero-order valence-electron chi connectivity index (χ0n) is 9.99. The van der Waals surface area contributed by atoms with E-state index in [1.165, 1.54) is 5.56 Å². The average molecular weight is 312 g/mol. The van der Waals surface area contributed by atoms with Crippen LogP contribution in [0.15, 0.2) is 22.7 Å². The summed E-state index contributed by atoms with van der Waals surface area (Å²) < 4.78 is 1.08. The molecule has 4 heteroatoms. The molecule has 0 spiro atoms. The minimum Gasteiger partial charge on any atom is -0.388 e. The number of aromatic nitrogens is 1. The molecule has 2 aromatic rings. The van der Waals surface area contributed by atoms with Crippen LogP contribution in [-0.4, -0.2) is 10.1 Å². The summed E-state index contributed by atoms with van der Waals surface area (Å²) in [5.41, 5.74) is 3.21. The highest BCUT2D eigenvalue weighted by atomic mass is 79.9. The number of thiazole rings is 1. The maximum absolute atomic E-state index is 9.62. The van der Waals surface area contributed by atoms with Gasteiger partial charge in [-0.2, -0.15) is 0 Å². The molecule has 1 unspecified atom stereocenters. The largest absolute Gasteiger partial charge is 0.388 e. The number of benzene rings is 1. The van der Waals surface area contributed by atoms with Crippen LogP contribution in [0.1, 0.15) is 29.2 Å². The van der Waals surface area contributed by atoms with Crippen molar-refractivity contribution in [2.75, 3.05) is 0 Å². The molecule has 0 saturated carbocycles. The van der Waals surface area contributed by atoms with Crippen molar-refractivity contribution in [3.8, 4) is 10.6 Å². The maximum Gasteiger partial charge on any atom is 0.123 e. The molecule has 0 bridgehead atoms. The Kier molecular flexibility index (Phi) is 3.66. The zero-order valence-corrected chi connectivity index (χ0v) is 12.4. The molecule has 1 aromatic heterocycles. The average Bonchev–Trinajstić information content (AvgIpc) is 2.64. The first kappa shape index (κ1) is 12.7. The highest BCUT2D eigenvalue weighted by molar-refractivity contribution is 9.10. The summed E-state index contributed by atoms with van der Waals surface area (Å²) in [5, 5.41) is 10.6. The molecule has 0 aliphatic carbocycles. The van der Waals surface area contributed by atoms with E-state index in [4.69, 9.17) is 0 Å². The second-order valence-electron chi connectivity index (χ2n) is 4.11. The molecule has 1 atom stereocenters. The van der Waals surface area contributed by atoms with Crippen molar-refractivity contribution in [2.45, 2.75) is 26.9 Å². The molecule has 0 fully saturated rings. The third kappa shape index (κ3) is 2.59. The van der Waals surface area contributed by atoms with Gasteiger partial charge in [0.05, 0.1) is 16.7 Å². The first-order chi connectivity index (χ1) is 7.99. The van der Waals surface area contributed by atoms with E-state index in [1.54, 1.807) is 18.3 Å². The van der Waals surface area contributed by atoms with Crippen LogP contribution in [0, 0.1) is 13.8 Å². The Bertz CT molecular complexity index is 548. The molecule has 1 heterocycles. The predicted octanol–water partition coefficient (Wildman–Crippen LogP) is 4.24. The Morgan fingerprint density at radius 1 is 1.35 bits per heavy atom. The van der Waals surface area contributed by atoms with E-state index in [9.17, 15) is 5.11 Å². The quantitative estimate of drug-likeness (QED) is 0.899. The van der Waals surface area contributed by atoms with Gasteiger partial charge in [0, 0.05) is 10.0 Å². The van der Waals surface area contributed by atoms with Crippen LogP contribution >= 0.6 is 27.3 Å². The van der Waals surface area contributed by atoms with Gasteiger partial charge in [-0.15, -0.1) is 11.3 Å². The van der Waals surface area contributed by atoms with Crippen molar-refractivity contribution in [1.82, 2.24) is 4.98 Å². The summed E-state index contributed by atoms with van der Waals surface area (Å²) >= 11 is 5.08. The molecule has 0 saturated heterocycles. The van der Waals surface area contributed by atoms with Crippen molar-refractivity contribution in [2.24, 2.45) is 0 Å². The van der Waals surface area contributed by atoms with Crippen LogP contribution < -0.4 is 0 Å². The number of hydrogen-bond donors (Lipinski definition) is 1. The molecule has 2 nitrogen and oxygen atoms in total. The van der Waals surface area contributed by atoms with E-state index in [0.717, 1.165) is 25.6 Å². The summed E-state index contributed by atoms with van der Waals surface area (Å²) in [5.74, 6) is 0. The molecule has 0 amide bonds. The molecular formula is C13H14BrNOS. The molecule has 2 rings (SSSR count). The lowest BCUT2D eigenvalue weighted by Crippen LogP contribution is -1.88. The monoisotopic (exact) mass is 311 g/mol. The van der Waals surface area contributed by atoms with Gasteiger partial charge in [0.25, 0.3) is 0 Å². The number of hydrogen-bond acceptors (Lipinski definition) is 3. The zero-order chi connectivity index (χ0) is 12.6. The molecule has 90 valence electrons. The summed E-state index contributed by atoms with van der Waals surface area (Å²) in [6, 6.07) is 6.20. The molecule has 0 aliphatic rings. The number of nitrogens with zero attached hydrogens (tertiary/aromatic N) is 1. The molecule has 1 N–H and O–H groups in total. The normalized spacial score (nSPS) is 12.8. The Balaban J connectivity index is 2.46. The lowest BCUT2D eigenvalue weighted by atomic mass is 10.2. The third-order valence-corrected chi connectivity index (χ3v) is 4.86. The SMILES string of the molecule is Cc1ccc(-c2nc(C)c(C(C)O)s2)cc1Br. The Morgan fingerprint density at radius 2 is 2.06 bits per heavy atom. The van der Waals surface area contributed by atoms with E-state index in [1.807, 2.05) is 6.92 Å². The topological polar surface area (TPSA) is 33.1 Å². The third-order valence-electron chi connectivity index (χ3n) is 2.63. The first-order valence-corrected chi connectivity index (χ1v) is 7.02. The standard InChI is InChI=1S/C13H14BrNOS/c1-7-4-5-10(6-11(7)14)13-15-8(2)12(17-13)9(3)16/h4-6,9,16H,1-3H3. The fourth-order valence-corrected chi connectivity index (χ4v) is 3.02. The second-order valence-corrected chi connectivity index (χ2v) is 5.99. The lowest BCUT2D eigenvalue weighted by Gasteiger charge is -2.01. The Morgan fingerprint density at radius 3 is 2.59 bits per heavy atom. The summed E-state index contributed by atoms with van der Waals surface area (Å²) in [7, 11) is 0. The van der Waals surface area contributed by atoms with E-state index in [2.05, 4.69) is 46.0 Å². The molecule has 1 aromatic carbocycles. The highest BCUT2D eigenvalue weighted by Crippen LogP contribution is 2.33. The van der Waals surface area contributed by atoms with Crippen molar-refractivity contribution in [3.05, 3.63) is 38.8 Å². The van der Waals surface area contributed by atoms with Crippen molar-refractivity contribution < 1.29 is 5.11 Å². The fourth-order valence-electron chi connectivity index (χ4n) is 1.65. The first-order valence-electron chi connectivity index (χ1n) is 5.41. The van der Waals surface area contributed by atoms with Crippen molar-refractivity contribution in [1.29, 1.82) is 0 Å². The van der Waals surface area contributed by atoms with Gasteiger partial charge in [-0.05, 0) is 32.4 Å². The van der Waals surface area contributed by atoms with Crippen LogP contribution in [-0.2, 0) is 0 Å². The van der Waals surface area contributed by atoms with Crippen LogP contribution in [0.5, 0.6) is 0 Å². The van der Waals surface area contributed by atoms with Crippen LogP contribution in [0.25, 0.3) is 10.6 Å². The second kappa shape index (κ2) is 4.88. The number of aryl methyl sites for hydroxylation is 2. The molecule has 17 heavy (non-hydrogen) atoms. The minimum absolute atomic E-state index is 0.449. The van der Waals surface area contributed by atoms with E-state index >= 15 is 0 Å². The fraction of sp³-hybridized carbons (Fsp3) is 0.308. The van der Waals surface area contributed by atoms with Gasteiger partial charge in [-0.1, -0.05) is 28.1 Å². The van der Waals surface area contributed by atoms with Crippen LogP contribution in [0.3, 0.4) is 0 Å². The predicted molar refractivity (Wildman–Crippen MR) is 75.4 cm³/mol. The van der Waals surface area contributed by atoms with Gasteiger partial charge in [-0.25, -0.2) is 4.98 Å². The van der Waals surface area contributed by atoms with Crippen molar-refractivity contribution >= 4 is 27.3 Å². The van der Waals surface area contributed by atoms with Gasteiger partial charge in [0.2, 0.25) is 0 Å².